The van der Waals surface area contributed by atoms with Crippen molar-refractivity contribution in [3.05, 3.63) is 25.0 Å². The van der Waals surface area contributed by atoms with Gasteiger partial charge in [0, 0.05) is 0 Å². The fourth-order valence-corrected chi connectivity index (χ4v) is 0.252. The summed E-state index contributed by atoms with van der Waals surface area (Å²) in [5.74, 6) is 0.319. The summed E-state index contributed by atoms with van der Waals surface area (Å²) in [6.45, 7) is 6.74. The second kappa shape index (κ2) is 3.27. The average molecular weight is 114 g/mol. The molecule has 0 bridgehead atoms. The van der Waals surface area contributed by atoms with Crippen molar-refractivity contribution in [2.24, 2.45) is 0 Å². The summed E-state index contributed by atoms with van der Waals surface area (Å²) in [7, 11) is 1.45. The molecule has 0 aromatic carbocycles. The van der Waals surface area contributed by atoms with Gasteiger partial charge in [0.2, 0.25) is 0 Å². The zero-order valence-corrected chi connectivity index (χ0v) is 4.92. The van der Waals surface area contributed by atoms with Crippen molar-refractivity contribution in [1.29, 1.82) is 0 Å². The predicted octanol–water partition coefficient (Wildman–Crippen LogP) is 0.693. The molecule has 0 saturated heterocycles. The molecule has 0 aromatic heterocycles. The van der Waals surface area contributed by atoms with E-state index >= 15 is 0 Å². The maximum absolute atomic E-state index is 8.78. The maximum Gasteiger partial charge on any atom is 0.128 e. The lowest BCUT2D eigenvalue weighted by atomic mass is 10.3. The van der Waals surface area contributed by atoms with E-state index in [1.54, 1.807) is 0 Å². The zero-order chi connectivity index (χ0) is 6.57. The van der Waals surface area contributed by atoms with Gasteiger partial charge in [-0.05, 0) is 0 Å². The number of ether oxygens (including phenoxy) is 1. The van der Waals surface area contributed by atoms with Gasteiger partial charge in [-0.3, -0.25) is 0 Å². The molecule has 46 valence electrons. The second-order valence-electron chi connectivity index (χ2n) is 1.35. The monoisotopic (exact) mass is 114 g/mol. The van der Waals surface area contributed by atoms with Gasteiger partial charge in [-0.2, -0.15) is 0 Å². The fourth-order valence-electron chi connectivity index (χ4n) is 0.252. The number of methoxy groups -OCH3 is 1. The van der Waals surface area contributed by atoms with Crippen LogP contribution in [0.15, 0.2) is 25.0 Å². The van der Waals surface area contributed by atoms with Gasteiger partial charge < -0.3 is 9.84 Å². The van der Waals surface area contributed by atoms with Crippen LogP contribution in [0.3, 0.4) is 0 Å². The number of hydrogen-bond acceptors (Lipinski definition) is 2. The molecule has 0 aromatic rings. The van der Waals surface area contributed by atoms with Gasteiger partial charge in [0.25, 0.3) is 0 Å². The third-order valence-corrected chi connectivity index (χ3v) is 0.815. The van der Waals surface area contributed by atoms with Crippen molar-refractivity contribution in [2.75, 3.05) is 7.11 Å². The smallest absolute Gasteiger partial charge is 0.128 e. The molecular formula is C6H10O2. The molecule has 8 heavy (non-hydrogen) atoms. The fraction of sp³-hybridized carbons (Fsp3) is 0.333. The van der Waals surface area contributed by atoms with Crippen molar-refractivity contribution in [1.82, 2.24) is 0 Å². The van der Waals surface area contributed by atoms with Gasteiger partial charge in [-0.15, -0.1) is 6.58 Å². The van der Waals surface area contributed by atoms with Crippen LogP contribution in [0.4, 0.5) is 0 Å². The predicted molar refractivity (Wildman–Crippen MR) is 32.4 cm³/mol. The molecule has 0 rings (SSSR count). The minimum atomic E-state index is -0.736. The summed E-state index contributed by atoms with van der Waals surface area (Å²) in [6.07, 6.45) is 0.617. The third kappa shape index (κ3) is 1.80. The Hall–Kier alpha value is -0.760. The van der Waals surface area contributed by atoms with E-state index in [4.69, 9.17) is 5.11 Å². The van der Waals surface area contributed by atoms with Crippen LogP contribution in [0, 0.1) is 0 Å². The van der Waals surface area contributed by atoms with E-state index in [1.807, 2.05) is 0 Å². The SMILES string of the molecule is C=CC(O)C(=C)OC. The van der Waals surface area contributed by atoms with Crippen molar-refractivity contribution < 1.29 is 9.84 Å². The second-order valence-corrected chi connectivity index (χ2v) is 1.35. The van der Waals surface area contributed by atoms with Crippen LogP contribution in [0.25, 0.3) is 0 Å². The largest absolute Gasteiger partial charge is 0.499 e. The zero-order valence-electron chi connectivity index (χ0n) is 4.92. The molecule has 0 aliphatic carbocycles. The summed E-state index contributed by atoms with van der Waals surface area (Å²) >= 11 is 0. The molecule has 1 N–H and O–H groups in total. The number of rotatable bonds is 3. The first kappa shape index (κ1) is 7.24. The van der Waals surface area contributed by atoms with Gasteiger partial charge in [-0.25, -0.2) is 0 Å². The van der Waals surface area contributed by atoms with Gasteiger partial charge in [-0.1, -0.05) is 12.7 Å². The third-order valence-electron chi connectivity index (χ3n) is 0.815. The van der Waals surface area contributed by atoms with Gasteiger partial charge in [0.15, 0.2) is 0 Å². The summed E-state index contributed by atoms with van der Waals surface area (Å²) in [4.78, 5) is 0. The number of aliphatic hydroxyl groups is 1. The molecule has 0 aliphatic rings. The highest BCUT2D eigenvalue weighted by molar-refractivity contribution is 5.00. The Morgan fingerprint density at radius 1 is 1.88 bits per heavy atom. The Kier molecular flexibility index (Phi) is 2.96. The van der Waals surface area contributed by atoms with Crippen molar-refractivity contribution in [3.63, 3.8) is 0 Å². The molecule has 2 nitrogen and oxygen atoms in total. The quantitative estimate of drug-likeness (QED) is 0.432. The molecular weight excluding hydrogens is 104 g/mol. The van der Waals surface area contributed by atoms with Gasteiger partial charge in [0.1, 0.15) is 11.9 Å². The van der Waals surface area contributed by atoms with Crippen LogP contribution in [-0.4, -0.2) is 18.3 Å². The molecule has 0 amide bonds. The lowest BCUT2D eigenvalue weighted by molar-refractivity contribution is 0.162. The summed E-state index contributed by atoms with van der Waals surface area (Å²) in [5.41, 5.74) is 0. The van der Waals surface area contributed by atoms with E-state index in [9.17, 15) is 0 Å². The Morgan fingerprint density at radius 2 is 2.38 bits per heavy atom. The van der Waals surface area contributed by atoms with Crippen molar-refractivity contribution >= 4 is 0 Å². The standard InChI is InChI=1S/C6H10O2/c1-4-6(7)5(2)8-3/h4,6-7H,1-2H2,3H3. The molecule has 0 radical (unpaired) electrons. The van der Waals surface area contributed by atoms with Crippen LogP contribution in [0.2, 0.25) is 0 Å². The highest BCUT2D eigenvalue weighted by atomic mass is 16.5. The van der Waals surface area contributed by atoms with Gasteiger partial charge >= 0.3 is 0 Å². The normalized spacial score (nSPS) is 12.2. The lowest BCUT2D eigenvalue weighted by Gasteiger charge is -2.05. The van der Waals surface area contributed by atoms with Gasteiger partial charge in [0.05, 0.1) is 7.11 Å². The highest BCUT2D eigenvalue weighted by Gasteiger charge is 2.00. The average Bonchev–Trinajstić information content (AvgIpc) is 1.84. The van der Waals surface area contributed by atoms with E-state index in [0.717, 1.165) is 0 Å². The summed E-state index contributed by atoms with van der Waals surface area (Å²) < 4.78 is 4.59. The molecule has 0 spiro atoms. The van der Waals surface area contributed by atoms with E-state index in [2.05, 4.69) is 17.9 Å². The first-order valence-electron chi connectivity index (χ1n) is 2.25. The first-order valence-corrected chi connectivity index (χ1v) is 2.25. The van der Waals surface area contributed by atoms with E-state index < -0.39 is 6.10 Å². The highest BCUT2D eigenvalue weighted by Crippen LogP contribution is 1.98. The van der Waals surface area contributed by atoms with E-state index in [-0.39, 0.29) is 0 Å². The van der Waals surface area contributed by atoms with E-state index in [0.29, 0.717) is 5.76 Å². The van der Waals surface area contributed by atoms with Crippen LogP contribution >= 0.6 is 0 Å². The molecule has 0 aliphatic heterocycles. The topological polar surface area (TPSA) is 29.5 Å². The maximum atomic E-state index is 8.78. The Labute approximate surface area is 49.1 Å². The van der Waals surface area contributed by atoms with Crippen molar-refractivity contribution in [3.8, 4) is 0 Å². The molecule has 0 heterocycles. The Morgan fingerprint density at radius 3 is 2.50 bits per heavy atom. The number of hydrogen-bond donors (Lipinski definition) is 1. The molecule has 1 atom stereocenters. The summed E-state index contributed by atoms with van der Waals surface area (Å²) in [5, 5.41) is 8.78. The lowest BCUT2D eigenvalue weighted by Crippen LogP contribution is -2.05. The minimum Gasteiger partial charge on any atom is -0.499 e. The van der Waals surface area contributed by atoms with E-state index in [1.165, 1.54) is 13.2 Å². The summed E-state index contributed by atoms with van der Waals surface area (Å²) in [6, 6.07) is 0. The Bertz CT molecular complexity index is 96.7. The first-order chi connectivity index (χ1) is 3.72. The molecule has 1 unspecified atom stereocenters. The van der Waals surface area contributed by atoms with Crippen molar-refractivity contribution in [2.45, 2.75) is 6.10 Å². The molecule has 0 saturated carbocycles. The minimum absolute atomic E-state index is 0.319. The molecule has 0 fully saturated rings. The van der Waals surface area contributed by atoms with Crippen LogP contribution in [0.5, 0.6) is 0 Å². The van der Waals surface area contributed by atoms with Crippen LogP contribution in [-0.2, 0) is 4.74 Å². The Balaban J connectivity index is 3.62. The van der Waals surface area contributed by atoms with Crippen LogP contribution < -0.4 is 0 Å². The molecule has 2 heteroatoms. The number of aliphatic hydroxyl groups excluding tert-OH is 1. The van der Waals surface area contributed by atoms with Crippen LogP contribution in [0.1, 0.15) is 0 Å².